The highest BCUT2D eigenvalue weighted by Gasteiger charge is 2.74. The fourth-order valence-corrected chi connectivity index (χ4v) is 5.96. The van der Waals surface area contributed by atoms with Crippen LogP contribution in [0.15, 0.2) is 46.1 Å². The molecule has 2 aromatic rings. The van der Waals surface area contributed by atoms with E-state index in [9.17, 15) is 32.7 Å². The molecule has 1 saturated heterocycles. The Morgan fingerprint density at radius 3 is 2.45 bits per heavy atom. The summed E-state index contributed by atoms with van der Waals surface area (Å²) in [7, 11) is 0. The number of para-hydroxylation sites is 1. The molecule has 1 aliphatic rings. The van der Waals surface area contributed by atoms with Gasteiger partial charge >= 0.3 is 24.2 Å². The van der Waals surface area contributed by atoms with Gasteiger partial charge < -0.3 is 23.6 Å². The summed E-state index contributed by atoms with van der Waals surface area (Å²) in [6.07, 6.45) is -10.2. The van der Waals surface area contributed by atoms with Crippen molar-refractivity contribution in [2.24, 2.45) is 0 Å². The van der Waals surface area contributed by atoms with E-state index in [2.05, 4.69) is 5.09 Å². The van der Waals surface area contributed by atoms with Gasteiger partial charge in [-0.15, -0.1) is 0 Å². The first-order chi connectivity index (χ1) is 18.5. The Morgan fingerprint density at radius 2 is 1.88 bits per heavy atom. The molecule has 0 spiro atoms. The van der Waals surface area contributed by atoms with E-state index in [1.165, 1.54) is 36.2 Å². The van der Waals surface area contributed by atoms with Gasteiger partial charge in [0.1, 0.15) is 11.8 Å². The Bertz CT molecular complexity index is 1380. The molecule has 40 heavy (non-hydrogen) atoms. The molecule has 1 aliphatic heterocycles. The van der Waals surface area contributed by atoms with Gasteiger partial charge in [0.15, 0.2) is 12.3 Å². The average molecular weight is 617 g/mol. The number of aliphatic hydroxyl groups is 1. The van der Waals surface area contributed by atoms with Gasteiger partial charge in [-0.05, 0) is 44.7 Å². The number of aliphatic hydroxyl groups excluding tert-OH is 1. The van der Waals surface area contributed by atoms with E-state index in [4.69, 9.17) is 30.3 Å². The number of esters is 1. The molecule has 0 radical (unpaired) electrons. The topological polar surface area (TPSA) is 141 Å². The summed E-state index contributed by atoms with van der Waals surface area (Å²) in [4.78, 5) is 37.2. The van der Waals surface area contributed by atoms with Gasteiger partial charge in [-0.2, -0.15) is 13.2 Å². The normalized spacial score (nSPS) is 24.6. The summed E-state index contributed by atoms with van der Waals surface area (Å²) in [6, 6.07) is 6.16. The molecule has 1 aromatic heterocycles. The third-order valence-electron chi connectivity index (χ3n) is 5.56. The molecule has 0 bridgehead atoms. The molecular formula is C22H25F5N3O8PS. The number of aromatic nitrogens is 2. The van der Waals surface area contributed by atoms with Crippen LogP contribution in [0.1, 0.15) is 27.0 Å². The van der Waals surface area contributed by atoms with Gasteiger partial charge in [0.25, 0.3) is 12.0 Å². The average Bonchev–Trinajstić information content (AvgIpc) is 3.06. The standard InChI is InChI=1S/C22H25F5N3O8PS/c1-11(2)36-18(33)12(3)29-39(40,38-13-7-5-4-6-8-13)35-10-21(19(24)25)22(26,27)15(31)17(37-21)30-9-14(23)16(32)28-20(30)34/h4-9,11-12,15,17,19,31H,10H2,1-3H3,(H,29,40)(H,28,32,34). The number of hydrogen-bond acceptors (Lipinski definition) is 9. The number of benzene rings is 1. The number of nitrogens with one attached hydrogen (secondary N) is 2. The van der Waals surface area contributed by atoms with Crippen LogP contribution in [0, 0.1) is 5.82 Å². The largest absolute Gasteiger partial charge is 0.462 e. The number of halogens is 5. The van der Waals surface area contributed by atoms with Crippen LogP contribution in [-0.2, 0) is 30.6 Å². The summed E-state index contributed by atoms with van der Waals surface area (Å²) < 4.78 is 94.0. The molecule has 0 saturated carbocycles. The highest BCUT2D eigenvalue weighted by Crippen LogP contribution is 2.54. The maximum absolute atomic E-state index is 15.3. The zero-order chi connectivity index (χ0) is 30.0. The molecule has 1 aromatic carbocycles. The fraction of sp³-hybridized carbons (Fsp3) is 0.500. The van der Waals surface area contributed by atoms with Crippen molar-refractivity contribution in [1.82, 2.24) is 14.6 Å². The maximum atomic E-state index is 15.3. The number of H-pyrrole nitrogens is 1. The fourth-order valence-electron chi connectivity index (χ4n) is 3.55. The minimum Gasteiger partial charge on any atom is -0.462 e. The van der Waals surface area contributed by atoms with E-state index in [1.54, 1.807) is 19.9 Å². The van der Waals surface area contributed by atoms with Gasteiger partial charge in [-0.25, -0.2) is 18.7 Å². The van der Waals surface area contributed by atoms with Crippen molar-refractivity contribution >= 4 is 24.4 Å². The van der Waals surface area contributed by atoms with E-state index in [0.29, 0.717) is 0 Å². The lowest BCUT2D eigenvalue weighted by atomic mass is 9.95. The number of aromatic amines is 1. The van der Waals surface area contributed by atoms with E-state index >= 15 is 8.78 Å². The van der Waals surface area contributed by atoms with Gasteiger partial charge in [-0.1, -0.05) is 18.2 Å². The summed E-state index contributed by atoms with van der Waals surface area (Å²) >= 11 is 5.34. The summed E-state index contributed by atoms with van der Waals surface area (Å²) in [6.45, 7) is -1.47. The van der Waals surface area contributed by atoms with Crippen LogP contribution >= 0.6 is 6.64 Å². The second kappa shape index (κ2) is 12.0. The molecule has 0 aliphatic carbocycles. The van der Waals surface area contributed by atoms with Crippen molar-refractivity contribution in [2.45, 2.75) is 63.2 Å². The second-order valence-electron chi connectivity index (χ2n) is 8.92. The summed E-state index contributed by atoms with van der Waals surface area (Å²) in [5.74, 6) is -7.28. The lowest BCUT2D eigenvalue weighted by Gasteiger charge is -2.35. The highest BCUT2D eigenvalue weighted by molar-refractivity contribution is 8.09. The molecule has 1 fully saturated rings. The molecule has 222 valence electrons. The van der Waals surface area contributed by atoms with Crippen LogP contribution in [0.25, 0.3) is 0 Å². The lowest BCUT2D eigenvalue weighted by Crippen LogP contribution is -2.57. The first-order valence-corrected chi connectivity index (χ1v) is 14.2. The van der Waals surface area contributed by atoms with Crippen LogP contribution in [0.3, 0.4) is 0 Å². The quantitative estimate of drug-likeness (QED) is 0.196. The van der Waals surface area contributed by atoms with Crippen molar-refractivity contribution in [3.8, 4) is 5.75 Å². The van der Waals surface area contributed by atoms with Crippen molar-refractivity contribution < 1.29 is 50.4 Å². The predicted octanol–water partition coefficient (Wildman–Crippen LogP) is 2.45. The SMILES string of the molecule is CC(C)OC(=O)C(C)NP(=S)(OCC1(C(F)F)OC(n2cc(F)c(=O)[nH]c2=O)C(O)C1(F)F)Oc1ccccc1. The Hall–Kier alpha value is -2.69. The molecule has 11 nitrogen and oxygen atoms in total. The Kier molecular flexibility index (Phi) is 9.58. The van der Waals surface area contributed by atoms with Crippen molar-refractivity contribution in [2.75, 3.05) is 6.61 Å². The number of carbonyl (C=O) groups is 1. The number of rotatable bonds is 11. The molecule has 2 heterocycles. The monoisotopic (exact) mass is 617 g/mol. The van der Waals surface area contributed by atoms with Crippen LogP contribution in [0.2, 0.25) is 0 Å². The number of carbonyl (C=O) groups excluding carboxylic acids is 1. The number of alkyl halides is 4. The van der Waals surface area contributed by atoms with Crippen molar-refractivity contribution in [3.05, 3.63) is 63.2 Å². The van der Waals surface area contributed by atoms with Gasteiger partial charge in [0.05, 0.1) is 18.9 Å². The summed E-state index contributed by atoms with van der Waals surface area (Å²) in [5, 5.41) is 12.7. The smallest absolute Gasteiger partial charge is 0.330 e. The summed E-state index contributed by atoms with van der Waals surface area (Å²) in [5.41, 5.74) is -6.98. The molecule has 18 heteroatoms. The van der Waals surface area contributed by atoms with E-state index in [0.717, 1.165) is 0 Å². The predicted molar refractivity (Wildman–Crippen MR) is 132 cm³/mol. The Balaban J connectivity index is 1.98. The first-order valence-electron chi connectivity index (χ1n) is 11.5. The molecule has 3 rings (SSSR count). The Labute approximate surface area is 228 Å². The maximum Gasteiger partial charge on any atom is 0.330 e. The van der Waals surface area contributed by atoms with E-state index in [-0.39, 0.29) is 16.5 Å². The van der Waals surface area contributed by atoms with Gasteiger partial charge in [0.2, 0.25) is 11.4 Å². The van der Waals surface area contributed by atoms with Gasteiger partial charge in [-0.3, -0.25) is 19.1 Å². The minimum atomic E-state index is -4.83. The third-order valence-corrected chi connectivity index (χ3v) is 8.04. The molecule has 3 N–H and O–H groups in total. The van der Waals surface area contributed by atoms with E-state index < -0.39 is 78.7 Å². The molecule has 5 unspecified atom stereocenters. The first kappa shape index (κ1) is 31.8. The van der Waals surface area contributed by atoms with Crippen LogP contribution in [0.5, 0.6) is 5.75 Å². The molecule has 0 amide bonds. The zero-order valence-corrected chi connectivity index (χ0v) is 22.8. The molecular weight excluding hydrogens is 592 g/mol. The van der Waals surface area contributed by atoms with Crippen LogP contribution < -0.4 is 20.9 Å². The number of nitrogens with zero attached hydrogens (tertiary/aromatic N) is 1. The van der Waals surface area contributed by atoms with E-state index in [1.807, 2.05) is 0 Å². The Morgan fingerprint density at radius 1 is 1.25 bits per heavy atom. The van der Waals surface area contributed by atoms with Crippen LogP contribution in [-0.4, -0.2) is 63.4 Å². The number of hydrogen-bond donors (Lipinski definition) is 3. The van der Waals surface area contributed by atoms with Gasteiger partial charge in [0, 0.05) is 0 Å². The minimum absolute atomic E-state index is 0.00174. The van der Waals surface area contributed by atoms with Crippen LogP contribution in [0.4, 0.5) is 22.0 Å². The zero-order valence-electron chi connectivity index (χ0n) is 21.1. The van der Waals surface area contributed by atoms with Crippen molar-refractivity contribution in [3.63, 3.8) is 0 Å². The second-order valence-corrected chi connectivity index (χ2v) is 12.1. The third kappa shape index (κ3) is 6.44. The highest BCUT2D eigenvalue weighted by atomic mass is 32.5. The molecule has 5 atom stereocenters. The van der Waals surface area contributed by atoms with Crippen molar-refractivity contribution in [1.29, 1.82) is 0 Å². The lowest BCUT2D eigenvalue weighted by molar-refractivity contribution is -0.241. The number of ether oxygens (including phenoxy) is 2.